The fourth-order valence-corrected chi connectivity index (χ4v) is 3.51. The normalized spacial score (nSPS) is 11.2. The lowest BCUT2D eigenvalue weighted by molar-refractivity contribution is 0.622. The number of hydrogen-bond acceptors (Lipinski definition) is 2. The number of nitrogens with one attached hydrogen (secondary N) is 1. The highest BCUT2D eigenvalue weighted by Gasteiger charge is 2.12. The second-order valence-corrected chi connectivity index (χ2v) is 6.62. The van der Waals surface area contributed by atoms with Gasteiger partial charge in [-0.2, -0.15) is 0 Å². The third kappa shape index (κ3) is 2.29. The Morgan fingerprint density at radius 3 is 2.80 bits per heavy atom. The van der Waals surface area contributed by atoms with Crippen LogP contribution in [0.1, 0.15) is 0 Å². The van der Waals surface area contributed by atoms with E-state index in [1.165, 1.54) is 6.07 Å². The minimum atomic E-state index is -0.234. The van der Waals surface area contributed by atoms with Crippen LogP contribution >= 0.6 is 46.6 Å². The molecule has 0 unspecified atom stereocenters. The van der Waals surface area contributed by atoms with Crippen molar-refractivity contribution >= 4 is 57.6 Å². The lowest BCUT2D eigenvalue weighted by atomic mass is 10.2. The highest BCUT2D eigenvalue weighted by Crippen LogP contribution is 2.29. The first-order valence-corrected chi connectivity index (χ1v) is 8.56. The molecule has 0 saturated carbocycles. The third-order valence-electron chi connectivity index (χ3n) is 3.05. The van der Waals surface area contributed by atoms with Gasteiger partial charge in [-0.3, -0.25) is 4.57 Å². The first kappa shape index (κ1) is 14.1. The summed E-state index contributed by atoms with van der Waals surface area (Å²) in [7, 11) is 0. The quantitative estimate of drug-likeness (QED) is 0.354. The molecule has 2 nitrogen and oxygen atoms in total. The fourth-order valence-electron chi connectivity index (χ4n) is 2.16. The Kier molecular flexibility index (Phi) is 3.87. The van der Waals surface area contributed by atoms with E-state index >= 15 is 0 Å². The van der Waals surface area contributed by atoms with Crippen LogP contribution in [-0.4, -0.2) is 15.8 Å². The van der Waals surface area contributed by atoms with Gasteiger partial charge in [-0.25, -0.2) is 4.39 Å². The number of para-hydroxylation sites is 1. The van der Waals surface area contributed by atoms with Crippen LogP contribution in [-0.2, 0) is 0 Å². The first-order valence-electron chi connectivity index (χ1n) is 5.85. The van der Waals surface area contributed by atoms with Gasteiger partial charge in [0.25, 0.3) is 0 Å². The van der Waals surface area contributed by atoms with Crippen molar-refractivity contribution in [1.29, 1.82) is 0 Å². The number of hydrogen-bond donors (Lipinski definition) is 1. The van der Waals surface area contributed by atoms with Gasteiger partial charge in [-0.05, 0) is 59.3 Å². The summed E-state index contributed by atoms with van der Waals surface area (Å²) in [6.45, 7) is 0. The van der Waals surface area contributed by atoms with Gasteiger partial charge < -0.3 is 4.98 Å². The van der Waals surface area contributed by atoms with E-state index in [4.69, 9.17) is 12.2 Å². The number of rotatable bonds is 2. The molecule has 0 bridgehead atoms. The van der Waals surface area contributed by atoms with Crippen molar-refractivity contribution < 1.29 is 4.39 Å². The number of fused-ring (bicyclic) bond motifs is 1. The van der Waals surface area contributed by atoms with E-state index in [2.05, 4.69) is 4.98 Å². The molecule has 3 aromatic rings. The van der Waals surface area contributed by atoms with E-state index in [9.17, 15) is 4.39 Å². The number of thioether (sulfide) groups is 1. The number of aromatic amines is 1. The molecule has 0 aliphatic heterocycles. The first-order chi connectivity index (χ1) is 9.61. The number of imidazole rings is 1. The summed E-state index contributed by atoms with van der Waals surface area (Å²) in [5.74, 6) is -0.234. The Hall–Kier alpha value is -0.860. The Labute approximate surface area is 138 Å². The van der Waals surface area contributed by atoms with E-state index in [0.717, 1.165) is 21.6 Å². The maximum absolute atomic E-state index is 13.9. The molecular weight excluding hydrogens is 406 g/mol. The lowest BCUT2D eigenvalue weighted by Gasteiger charge is -2.09. The molecule has 2 aromatic carbocycles. The topological polar surface area (TPSA) is 20.7 Å². The van der Waals surface area contributed by atoms with Crippen LogP contribution < -0.4 is 0 Å². The Morgan fingerprint density at radius 2 is 2.05 bits per heavy atom. The second-order valence-electron chi connectivity index (χ2n) is 4.22. The molecule has 0 aliphatic rings. The van der Waals surface area contributed by atoms with E-state index in [-0.39, 0.29) is 5.82 Å². The molecule has 0 aliphatic carbocycles. The van der Waals surface area contributed by atoms with Crippen molar-refractivity contribution in [3.8, 4) is 5.69 Å². The molecule has 0 amide bonds. The molecule has 20 heavy (non-hydrogen) atoms. The molecule has 0 fully saturated rings. The lowest BCUT2D eigenvalue weighted by Crippen LogP contribution is -1.96. The van der Waals surface area contributed by atoms with Gasteiger partial charge in [-0.1, -0.05) is 12.1 Å². The van der Waals surface area contributed by atoms with Gasteiger partial charge in [0.1, 0.15) is 5.82 Å². The highest BCUT2D eigenvalue weighted by atomic mass is 127. The number of nitrogens with zero attached hydrogens (tertiary/aromatic N) is 1. The van der Waals surface area contributed by atoms with E-state index in [1.54, 1.807) is 17.8 Å². The molecule has 102 valence electrons. The summed E-state index contributed by atoms with van der Waals surface area (Å²) in [5, 5.41) is 0. The molecule has 1 aromatic heterocycles. The van der Waals surface area contributed by atoms with Gasteiger partial charge in [0, 0.05) is 11.0 Å². The molecule has 1 N–H and O–H groups in total. The summed E-state index contributed by atoms with van der Waals surface area (Å²) in [6.07, 6.45) is 2.01. The van der Waals surface area contributed by atoms with Crippen molar-refractivity contribution in [1.82, 2.24) is 9.55 Å². The summed E-state index contributed by atoms with van der Waals surface area (Å²) >= 11 is 9.02. The van der Waals surface area contributed by atoms with Crippen molar-refractivity contribution in [2.75, 3.05) is 6.26 Å². The number of aromatic nitrogens is 2. The van der Waals surface area contributed by atoms with E-state index in [1.807, 2.05) is 57.7 Å². The van der Waals surface area contributed by atoms with E-state index in [0.29, 0.717) is 8.34 Å². The van der Waals surface area contributed by atoms with Crippen molar-refractivity contribution in [3.63, 3.8) is 0 Å². The van der Waals surface area contributed by atoms with Crippen molar-refractivity contribution in [3.05, 3.63) is 50.6 Å². The maximum atomic E-state index is 13.9. The molecule has 6 heteroatoms. The highest BCUT2D eigenvalue weighted by molar-refractivity contribution is 14.1. The Balaban J connectivity index is 2.39. The van der Waals surface area contributed by atoms with Gasteiger partial charge in [-0.15, -0.1) is 11.8 Å². The third-order valence-corrected chi connectivity index (χ3v) is 4.95. The SMILES string of the molecule is CSc1ccccc1-n1c(=S)[nH]c2cc(I)c(F)cc21. The van der Waals surface area contributed by atoms with Crippen LogP contribution in [0.2, 0.25) is 0 Å². The average molecular weight is 416 g/mol. The largest absolute Gasteiger partial charge is 0.330 e. The molecular formula is C14H10FIN2S2. The van der Waals surface area contributed by atoms with Crippen molar-refractivity contribution in [2.24, 2.45) is 0 Å². The molecule has 0 radical (unpaired) electrons. The fraction of sp³-hybridized carbons (Fsp3) is 0.0714. The Bertz CT molecular complexity index is 854. The standard InChI is InChI=1S/C14H10FIN2S2/c1-20-13-5-3-2-4-11(13)18-12-6-8(15)9(16)7-10(12)17-14(18)19/h2-7H,1H3,(H,17,19). The zero-order valence-electron chi connectivity index (χ0n) is 10.5. The predicted molar refractivity (Wildman–Crippen MR) is 92.9 cm³/mol. The summed E-state index contributed by atoms with van der Waals surface area (Å²) in [4.78, 5) is 4.24. The maximum Gasteiger partial charge on any atom is 0.182 e. The smallest absolute Gasteiger partial charge is 0.182 e. The van der Waals surface area contributed by atoms with Gasteiger partial charge in [0.2, 0.25) is 0 Å². The van der Waals surface area contributed by atoms with Crippen molar-refractivity contribution in [2.45, 2.75) is 4.90 Å². The summed E-state index contributed by atoms with van der Waals surface area (Å²) < 4.78 is 16.9. The van der Waals surface area contributed by atoms with Gasteiger partial charge >= 0.3 is 0 Å². The van der Waals surface area contributed by atoms with Gasteiger partial charge in [0.05, 0.1) is 20.3 Å². The van der Waals surface area contributed by atoms with Crippen LogP contribution in [0.15, 0.2) is 41.3 Å². The number of benzene rings is 2. The van der Waals surface area contributed by atoms with Crippen LogP contribution in [0.25, 0.3) is 16.7 Å². The minimum absolute atomic E-state index is 0.234. The molecule has 0 spiro atoms. The Morgan fingerprint density at radius 1 is 1.30 bits per heavy atom. The summed E-state index contributed by atoms with van der Waals surface area (Å²) in [6, 6.07) is 11.3. The monoisotopic (exact) mass is 416 g/mol. The van der Waals surface area contributed by atoms with Gasteiger partial charge in [0.15, 0.2) is 4.77 Å². The van der Waals surface area contributed by atoms with Crippen LogP contribution in [0.4, 0.5) is 4.39 Å². The predicted octanol–water partition coefficient (Wildman–Crippen LogP) is 5.15. The van der Waals surface area contributed by atoms with E-state index < -0.39 is 0 Å². The molecule has 0 atom stereocenters. The summed E-state index contributed by atoms with van der Waals surface area (Å²) in [5.41, 5.74) is 2.57. The molecule has 3 rings (SSSR count). The van der Waals surface area contributed by atoms with Crippen LogP contribution in [0, 0.1) is 14.2 Å². The molecule has 1 heterocycles. The van der Waals surface area contributed by atoms with Crippen LogP contribution in [0.5, 0.6) is 0 Å². The molecule has 0 saturated heterocycles. The average Bonchev–Trinajstić information content (AvgIpc) is 2.74. The zero-order chi connectivity index (χ0) is 14.3. The second kappa shape index (κ2) is 5.50. The zero-order valence-corrected chi connectivity index (χ0v) is 14.3. The number of halogens is 2. The van der Waals surface area contributed by atoms with Crippen LogP contribution in [0.3, 0.4) is 0 Å². The minimum Gasteiger partial charge on any atom is -0.330 e. The number of H-pyrrole nitrogens is 1.